The molecule has 0 bridgehead atoms. The summed E-state index contributed by atoms with van der Waals surface area (Å²) < 4.78 is 0. The topological polar surface area (TPSA) is 46.2 Å². The van der Waals surface area contributed by atoms with Gasteiger partial charge in [-0.15, -0.1) is 0 Å². The first-order chi connectivity index (χ1) is 3.13. The molecule has 0 aliphatic rings. The normalized spacial score (nSPS) is 6.75. The van der Waals surface area contributed by atoms with Gasteiger partial charge in [0.2, 0.25) is 0 Å². The first-order valence-corrected chi connectivity index (χ1v) is 2.04. The van der Waals surface area contributed by atoms with E-state index in [1.807, 2.05) is 0 Å². The molecule has 0 saturated heterocycles. The number of amides is 2. The maximum Gasteiger partial charge on any atom is 2.00 e. The van der Waals surface area contributed by atoms with Crippen molar-refractivity contribution < 1.29 is 12.4 Å². The van der Waals surface area contributed by atoms with Crippen LogP contribution in [0.3, 0.4) is 0 Å². The molecule has 44 valence electrons. The zero-order chi connectivity index (χ0) is 5.86. The van der Waals surface area contributed by atoms with Crippen LogP contribution in [0.15, 0.2) is 0 Å². The van der Waals surface area contributed by atoms with E-state index in [-0.39, 0.29) is 25.9 Å². The molecule has 0 unspecified atom stereocenters. The second-order valence-corrected chi connectivity index (χ2v) is 1.36. The smallest absolute Gasteiger partial charge is 1.00 e. The average molecular weight is 168 g/mol. The van der Waals surface area contributed by atoms with Crippen LogP contribution in [0.1, 0.15) is 2.85 Å². The predicted molar refractivity (Wildman–Crippen MR) is 33.6 cm³/mol. The molecule has 2 amide bonds. The standard InChI is InChI=1S/C2HCl2NO2.Mg.2H/c3-1(6)5-2(4)7;;;/h(H,5,6,7);;;/q;+2;2*-1. The Hall–Kier alpha value is 0.486. The Balaban J connectivity index is -0.0000000600. The largest absolute Gasteiger partial charge is 2.00 e. The van der Waals surface area contributed by atoms with E-state index < -0.39 is 10.7 Å². The molecule has 1 N–H and O–H groups in total. The summed E-state index contributed by atoms with van der Waals surface area (Å²) in [5, 5.41) is -0.386. The molecule has 0 radical (unpaired) electrons. The monoisotopic (exact) mass is 167 g/mol. The summed E-state index contributed by atoms with van der Waals surface area (Å²) in [6, 6.07) is 0. The predicted octanol–water partition coefficient (Wildman–Crippen LogP) is 1.14. The number of carbonyl (C=O) groups excluding carboxylic acids is 2. The summed E-state index contributed by atoms with van der Waals surface area (Å²) >= 11 is 9.23. The Morgan fingerprint density at radius 3 is 1.50 bits per heavy atom. The molecule has 0 aromatic heterocycles. The van der Waals surface area contributed by atoms with Crippen LogP contribution < -0.4 is 5.32 Å². The molecule has 0 aromatic carbocycles. The van der Waals surface area contributed by atoms with Gasteiger partial charge in [-0.3, -0.25) is 14.9 Å². The molecule has 3 nitrogen and oxygen atoms in total. The molecule has 0 rings (SSSR count). The van der Waals surface area contributed by atoms with Gasteiger partial charge in [-0.25, -0.2) is 0 Å². The Bertz CT molecular complexity index is 101. The van der Waals surface area contributed by atoms with Gasteiger partial charge in [-0.05, 0) is 23.2 Å². The third kappa shape index (κ3) is 9.70. The fourth-order valence-electron chi connectivity index (χ4n) is 0.0773. The van der Waals surface area contributed by atoms with E-state index in [0.29, 0.717) is 0 Å². The molecule has 0 aliphatic heterocycles. The second-order valence-electron chi connectivity index (χ2n) is 0.672. The summed E-state index contributed by atoms with van der Waals surface area (Å²) in [5.74, 6) is 0. The maximum atomic E-state index is 9.60. The van der Waals surface area contributed by atoms with Gasteiger partial charge in [0.25, 0.3) is 0 Å². The van der Waals surface area contributed by atoms with Crippen molar-refractivity contribution in [1.82, 2.24) is 5.32 Å². The van der Waals surface area contributed by atoms with E-state index in [9.17, 15) is 9.59 Å². The SMILES string of the molecule is O=C(Cl)NC(=O)Cl.[H-].[H-].[Mg+2]. The van der Waals surface area contributed by atoms with Crippen molar-refractivity contribution in [3.63, 3.8) is 0 Å². The summed E-state index contributed by atoms with van der Waals surface area (Å²) in [6.45, 7) is 0. The number of rotatable bonds is 0. The van der Waals surface area contributed by atoms with Crippen LogP contribution in [-0.2, 0) is 0 Å². The van der Waals surface area contributed by atoms with Gasteiger partial charge >= 0.3 is 33.8 Å². The maximum absolute atomic E-state index is 9.60. The first-order valence-electron chi connectivity index (χ1n) is 1.29. The third-order valence-corrected chi connectivity index (χ3v) is 0.386. The number of imide groups is 1. The van der Waals surface area contributed by atoms with E-state index in [0.717, 1.165) is 0 Å². The quantitative estimate of drug-likeness (QED) is 0.335. The summed E-state index contributed by atoms with van der Waals surface area (Å²) in [5.41, 5.74) is 0. The van der Waals surface area contributed by atoms with Gasteiger partial charge in [0.05, 0.1) is 0 Å². The average Bonchev–Trinajstić information content (AvgIpc) is 1.27. The van der Waals surface area contributed by atoms with Crippen molar-refractivity contribution in [2.24, 2.45) is 0 Å². The summed E-state index contributed by atoms with van der Waals surface area (Å²) in [7, 11) is 0. The van der Waals surface area contributed by atoms with Gasteiger partial charge in [0, 0.05) is 0 Å². The van der Waals surface area contributed by atoms with E-state index in [4.69, 9.17) is 0 Å². The van der Waals surface area contributed by atoms with Crippen molar-refractivity contribution in [3.05, 3.63) is 0 Å². The van der Waals surface area contributed by atoms with Crippen molar-refractivity contribution in [1.29, 1.82) is 0 Å². The van der Waals surface area contributed by atoms with Crippen molar-refractivity contribution in [3.8, 4) is 0 Å². The molecule has 0 spiro atoms. The molecule has 0 saturated carbocycles. The van der Waals surface area contributed by atoms with Crippen molar-refractivity contribution >= 4 is 57.0 Å². The number of halogens is 2. The van der Waals surface area contributed by atoms with Gasteiger partial charge in [-0.1, -0.05) is 0 Å². The minimum atomic E-state index is -0.972. The number of carbonyl (C=O) groups is 2. The van der Waals surface area contributed by atoms with Crippen LogP contribution in [0.25, 0.3) is 0 Å². The fourth-order valence-corrected chi connectivity index (χ4v) is 0.297. The third-order valence-electron chi connectivity index (χ3n) is 0.197. The summed E-state index contributed by atoms with van der Waals surface area (Å²) in [6.07, 6.45) is 0. The van der Waals surface area contributed by atoms with Gasteiger partial charge in [0.1, 0.15) is 0 Å². The van der Waals surface area contributed by atoms with Gasteiger partial charge in [-0.2, -0.15) is 0 Å². The van der Waals surface area contributed by atoms with E-state index in [2.05, 4.69) is 23.2 Å². The van der Waals surface area contributed by atoms with Crippen LogP contribution in [0.4, 0.5) is 9.59 Å². The van der Waals surface area contributed by atoms with Crippen molar-refractivity contribution in [2.45, 2.75) is 0 Å². The molecule has 0 aromatic rings. The van der Waals surface area contributed by atoms with Gasteiger partial charge in [0.15, 0.2) is 0 Å². The number of nitrogens with one attached hydrogen (secondary N) is 1. The molecule has 0 heterocycles. The second kappa shape index (κ2) is 5.62. The van der Waals surface area contributed by atoms with E-state index >= 15 is 0 Å². The molecule has 8 heavy (non-hydrogen) atoms. The molecular weight excluding hydrogens is 165 g/mol. The van der Waals surface area contributed by atoms with Crippen LogP contribution >= 0.6 is 23.2 Å². The zero-order valence-electron chi connectivity index (χ0n) is 5.78. The zero-order valence-corrected chi connectivity index (χ0v) is 6.71. The summed E-state index contributed by atoms with van der Waals surface area (Å²) in [4.78, 5) is 19.2. The van der Waals surface area contributed by atoms with E-state index in [1.54, 1.807) is 5.32 Å². The molecule has 6 heteroatoms. The Labute approximate surface area is 74.8 Å². The van der Waals surface area contributed by atoms with Crippen LogP contribution in [0, 0.1) is 0 Å². The van der Waals surface area contributed by atoms with Crippen molar-refractivity contribution in [2.75, 3.05) is 0 Å². The number of hydrogen-bond acceptors (Lipinski definition) is 2. The Morgan fingerprint density at radius 2 is 1.50 bits per heavy atom. The molecule has 0 atom stereocenters. The fraction of sp³-hybridized carbons (Fsp3) is 0. The minimum absolute atomic E-state index is 0. The Morgan fingerprint density at radius 1 is 1.25 bits per heavy atom. The minimum Gasteiger partial charge on any atom is -1.00 e. The van der Waals surface area contributed by atoms with Crippen LogP contribution in [0.5, 0.6) is 0 Å². The van der Waals surface area contributed by atoms with E-state index in [1.165, 1.54) is 0 Å². The first kappa shape index (κ1) is 11.3. The number of hydrogen-bond donors (Lipinski definition) is 1. The van der Waals surface area contributed by atoms with Crippen LogP contribution in [-0.4, -0.2) is 33.8 Å². The molecular formula is C2H3Cl2MgNO2. The molecule has 0 aliphatic carbocycles. The Kier molecular flexibility index (Phi) is 7.94. The van der Waals surface area contributed by atoms with Crippen LogP contribution in [0.2, 0.25) is 0 Å². The molecule has 0 fully saturated rings. The van der Waals surface area contributed by atoms with Gasteiger partial charge < -0.3 is 2.85 Å².